The molecule has 1 heterocycles. The molecule has 0 atom stereocenters. The first kappa shape index (κ1) is 8.98. The van der Waals surface area contributed by atoms with E-state index < -0.39 is 0 Å². The fraction of sp³-hybridized carbons (Fsp3) is 0.0833. The standard InChI is InChI=1S/C12H9NS/c1-13-8-7-11(9-12(13)14)10-5-3-2-4-6-10/h3,5-9H,1H3. The van der Waals surface area contributed by atoms with Crippen LogP contribution in [0, 0.1) is 4.64 Å². The molecular formula is C12H9NS. The highest BCUT2D eigenvalue weighted by Gasteiger charge is 1.98. The lowest BCUT2D eigenvalue weighted by Crippen LogP contribution is -1.92. The Kier molecular flexibility index (Phi) is 2.34. The van der Waals surface area contributed by atoms with E-state index in [9.17, 15) is 0 Å². The van der Waals surface area contributed by atoms with E-state index in [1.54, 1.807) is 0 Å². The van der Waals surface area contributed by atoms with Crippen LogP contribution in [0.15, 0.2) is 48.0 Å². The Balaban J connectivity index is 2.50. The number of allylic oxidation sites excluding steroid dienone is 4. The van der Waals surface area contributed by atoms with Crippen molar-refractivity contribution in [2.45, 2.75) is 0 Å². The maximum atomic E-state index is 5.19. The maximum absolute atomic E-state index is 5.19. The second kappa shape index (κ2) is 3.65. The fourth-order valence-corrected chi connectivity index (χ4v) is 1.44. The van der Waals surface area contributed by atoms with Gasteiger partial charge in [0, 0.05) is 13.2 Å². The quantitative estimate of drug-likeness (QED) is 0.497. The van der Waals surface area contributed by atoms with Crippen molar-refractivity contribution in [2.24, 2.45) is 7.05 Å². The van der Waals surface area contributed by atoms with E-state index in [1.807, 2.05) is 48.2 Å². The predicted molar refractivity (Wildman–Crippen MR) is 60.4 cm³/mol. The molecule has 2 heteroatoms. The van der Waals surface area contributed by atoms with E-state index in [1.165, 1.54) is 0 Å². The summed E-state index contributed by atoms with van der Waals surface area (Å²) in [4.78, 5) is 0. The molecule has 0 radical (unpaired) electrons. The third-order valence-corrected chi connectivity index (χ3v) is 2.50. The molecule has 0 N–H and O–H groups in total. The Bertz CT molecular complexity index is 548. The summed E-state index contributed by atoms with van der Waals surface area (Å²) in [5.41, 5.74) is 8.04. The summed E-state index contributed by atoms with van der Waals surface area (Å²) in [6, 6.07) is 4.03. The van der Waals surface area contributed by atoms with E-state index in [2.05, 4.69) is 11.5 Å². The first-order valence-corrected chi connectivity index (χ1v) is 4.73. The number of rotatable bonds is 1. The molecule has 0 spiro atoms. The van der Waals surface area contributed by atoms with Crippen LogP contribution in [0.2, 0.25) is 0 Å². The molecule has 1 aromatic rings. The van der Waals surface area contributed by atoms with Gasteiger partial charge in [-0.15, -0.1) is 0 Å². The van der Waals surface area contributed by atoms with Crippen LogP contribution in [0.25, 0.3) is 5.57 Å². The first-order valence-electron chi connectivity index (χ1n) is 4.32. The van der Waals surface area contributed by atoms with E-state index in [0.717, 1.165) is 15.8 Å². The highest BCUT2D eigenvalue weighted by molar-refractivity contribution is 7.71. The van der Waals surface area contributed by atoms with Crippen LogP contribution in [-0.2, 0) is 7.05 Å². The average molecular weight is 199 g/mol. The number of aryl methyl sites for hydroxylation is 1. The number of aromatic nitrogens is 1. The fourth-order valence-electron chi connectivity index (χ4n) is 1.25. The largest absolute Gasteiger partial charge is 0.342 e. The van der Waals surface area contributed by atoms with E-state index in [0.29, 0.717) is 0 Å². The van der Waals surface area contributed by atoms with Crippen molar-refractivity contribution in [3.8, 4) is 0 Å². The summed E-state index contributed by atoms with van der Waals surface area (Å²) in [7, 11) is 1.94. The summed E-state index contributed by atoms with van der Waals surface area (Å²) >= 11 is 5.19. The zero-order valence-corrected chi connectivity index (χ0v) is 8.64. The zero-order valence-electron chi connectivity index (χ0n) is 7.82. The molecule has 68 valence electrons. The minimum Gasteiger partial charge on any atom is -0.342 e. The molecule has 1 aliphatic carbocycles. The topological polar surface area (TPSA) is 4.93 Å². The number of hydrogen-bond acceptors (Lipinski definition) is 1. The minimum atomic E-state index is 0.829. The molecule has 0 aromatic carbocycles. The lowest BCUT2D eigenvalue weighted by molar-refractivity contribution is 0.886. The Morgan fingerprint density at radius 1 is 1.36 bits per heavy atom. The Hall–Kier alpha value is -1.59. The predicted octanol–water partition coefficient (Wildman–Crippen LogP) is 3.02. The molecule has 0 bridgehead atoms. The summed E-state index contributed by atoms with van der Waals surface area (Å²) in [6.45, 7) is 0. The van der Waals surface area contributed by atoms with Gasteiger partial charge in [-0.05, 0) is 41.5 Å². The van der Waals surface area contributed by atoms with Crippen molar-refractivity contribution in [3.05, 3.63) is 58.2 Å². The van der Waals surface area contributed by atoms with Crippen molar-refractivity contribution in [2.75, 3.05) is 0 Å². The Morgan fingerprint density at radius 2 is 2.21 bits per heavy atom. The second-order valence-electron chi connectivity index (χ2n) is 3.09. The molecule has 14 heavy (non-hydrogen) atoms. The summed E-state index contributed by atoms with van der Waals surface area (Å²) in [6.07, 6.45) is 7.73. The van der Waals surface area contributed by atoms with Crippen LogP contribution >= 0.6 is 12.2 Å². The molecule has 0 saturated carbocycles. The molecule has 1 nitrogen and oxygen atoms in total. The van der Waals surface area contributed by atoms with Crippen LogP contribution in [0.4, 0.5) is 0 Å². The molecule has 0 fully saturated rings. The minimum absolute atomic E-state index is 0.829. The van der Waals surface area contributed by atoms with Gasteiger partial charge >= 0.3 is 0 Å². The van der Waals surface area contributed by atoms with Crippen LogP contribution in [0.5, 0.6) is 0 Å². The number of nitrogens with zero attached hydrogens (tertiary/aromatic N) is 1. The Labute approximate surface area is 88.0 Å². The van der Waals surface area contributed by atoms with Gasteiger partial charge in [-0.25, -0.2) is 0 Å². The zero-order chi connectivity index (χ0) is 9.97. The third kappa shape index (κ3) is 1.68. The molecular weight excluding hydrogens is 190 g/mol. The van der Waals surface area contributed by atoms with Gasteiger partial charge < -0.3 is 4.57 Å². The van der Waals surface area contributed by atoms with Crippen LogP contribution in [0.1, 0.15) is 5.56 Å². The SMILES string of the molecule is Cn1ccc(C2=CC=C=C=C2)cc1=S. The van der Waals surface area contributed by atoms with Crippen LogP contribution < -0.4 is 0 Å². The van der Waals surface area contributed by atoms with Crippen LogP contribution in [-0.4, -0.2) is 4.57 Å². The highest BCUT2D eigenvalue weighted by Crippen LogP contribution is 2.16. The van der Waals surface area contributed by atoms with Crippen molar-refractivity contribution in [1.29, 1.82) is 0 Å². The first-order chi connectivity index (χ1) is 6.77. The smallest absolute Gasteiger partial charge is 0.106 e. The number of pyridine rings is 1. The lowest BCUT2D eigenvalue weighted by atomic mass is 10.1. The monoisotopic (exact) mass is 199 g/mol. The molecule has 1 aliphatic rings. The summed E-state index contributed by atoms with van der Waals surface area (Å²) < 4.78 is 2.74. The van der Waals surface area contributed by atoms with Crippen LogP contribution in [0.3, 0.4) is 0 Å². The second-order valence-corrected chi connectivity index (χ2v) is 3.50. The van der Waals surface area contributed by atoms with E-state index >= 15 is 0 Å². The normalized spacial score (nSPS) is 13.1. The van der Waals surface area contributed by atoms with Gasteiger partial charge in [-0.2, -0.15) is 0 Å². The van der Waals surface area contributed by atoms with Gasteiger partial charge in [0.25, 0.3) is 0 Å². The summed E-state index contributed by atoms with van der Waals surface area (Å²) in [5.74, 6) is 0. The molecule has 1 aromatic heterocycles. The number of hydrogen-bond donors (Lipinski definition) is 0. The molecule has 2 rings (SSSR count). The molecule has 0 aliphatic heterocycles. The van der Waals surface area contributed by atoms with Gasteiger partial charge in [-0.1, -0.05) is 23.7 Å². The third-order valence-electron chi connectivity index (χ3n) is 2.09. The molecule has 0 amide bonds. The van der Waals surface area contributed by atoms with Crippen molar-refractivity contribution < 1.29 is 0 Å². The van der Waals surface area contributed by atoms with Gasteiger partial charge in [0.2, 0.25) is 0 Å². The van der Waals surface area contributed by atoms with Gasteiger partial charge in [-0.3, -0.25) is 0 Å². The molecule has 0 saturated heterocycles. The molecule has 0 unspecified atom stereocenters. The maximum Gasteiger partial charge on any atom is 0.106 e. The summed E-state index contributed by atoms with van der Waals surface area (Å²) in [5, 5.41) is 0. The Morgan fingerprint density at radius 3 is 2.86 bits per heavy atom. The van der Waals surface area contributed by atoms with Crippen molar-refractivity contribution in [1.82, 2.24) is 4.57 Å². The van der Waals surface area contributed by atoms with E-state index in [4.69, 9.17) is 12.2 Å². The van der Waals surface area contributed by atoms with Gasteiger partial charge in [0.15, 0.2) is 0 Å². The van der Waals surface area contributed by atoms with E-state index in [-0.39, 0.29) is 0 Å². The highest BCUT2D eigenvalue weighted by atomic mass is 32.1. The van der Waals surface area contributed by atoms with Gasteiger partial charge in [0.1, 0.15) is 4.64 Å². The lowest BCUT2D eigenvalue weighted by Gasteiger charge is -2.04. The van der Waals surface area contributed by atoms with Gasteiger partial charge in [0.05, 0.1) is 0 Å². The van der Waals surface area contributed by atoms with Crippen molar-refractivity contribution in [3.63, 3.8) is 0 Å². The average Bonchev–Trinajstić information content (AvgIpc) is 2.23. The van der Waals surface area contributed by atoms with Crippen molar-refractivity contribution >= 4 is 17.8 Å².